The maximum absolute atomic E-state index is 13.6. The Morgan fingerprint density at radius 3 is 2.50 bits per heavy atom. The van der Waals surface area contributed by atoms with E-state index in [2.05, 4.69) is 20.3 Å². The number of hydrogen-bond acceptors (Lipinski definition) is 6. The molecule has 0 saturated carbocycles. The van der Waals surface area contributed by atoms with Crippen LogP contribution in [0.5, 0.6) is 0 Å². The van der Waals surface area contributed by atoms with E-state index in [0.717, 1.165) is 17.7 Å². The fourth-order valence-electron chi connectivity index (χ4n) is 4.29. The molecule has 1 N–H and O–H groups in total. The number of anilines is 3. The van der Waals surface area contributed by atoms with Crippen molar-refractivity contribution < 1.29 is 13.2 Å². The molecule has 0 saturated heterocycles. The van der Waals surface area contributed by atoms with Gasteiger partial charge < -0.3 is 5.32 Å². The summed E-state index contributed by atoms with van der Waals surface area (Å²) in [6, 6.07) is 17.8. The highest BCUT2D eigenvalue weighted by molar-refractivity contribution is 5.67. The number of rotatable bonds is 5. The van der Waals surface area contributed by atoms with Crippen LogP contribution < -0.4 is 15.8 Å². The molecule has 0 radical (unpaired) electrons. The Morgan fingerprint density at radius 1 is 0.972 bits per heavy atom. The average molecular weight is 493 g/mol. The molecule has 2 aromatic carbocycles. The predicted octanol–water partition coefficient (Wildman–Crippen LogP) is 5.43. The van der Waals surface area contributed by atoms with E-state index in [1.807, 2.05) is 37.3 Å². The normalized spacial score (nSPS) is 14.3. The van der Waals surface area contributed by atoms with Crippen molar-refractivity contribution in [3.63, 3.8) is 0 Å². The van der Waals surface area contributed by atoms with Gasteiger partial charge in [-0.15, -0.1) is 0 Å². The topological polar surface area (TPSA) is 75.9 Å². The van der Waals surface area contributed by atoms with Crippen LogP contribution >= 0.6 is 0 Å². The van der Waals surface area contributed by atoms with Crippen LogP contribution in [0.4, 0.5) is 30.9 Å². The monoisotopic (exact) mass is 492 g/mol. The van der Waals surface area contributed by atoms with E-state index in [1.165, 1.54) is 22.8 Å². The molecule has 0 fully saturated rings. The summed E-state index contributed by atoms with van der Waals surface area (Å²) in [4.78, 5) is 28.1. The van der Waals surface area contributed by atoms with Gasteiger partial charge in [-0.3, -0.25) is 14.3 Å². The molecule has 1 aliphatic rings. The minimum atomic E-state index is -4.58. The van der Waals surface area contributed by atoms with Gasteiger partial charge in [-0.05, 0) is 31.0 Å². The second-order valence-corrected chi connectivity index (χ2v) is 8.49. The first-order chi connectivity index (χ1) is 17.3. The zero-order valence-electron chi connectivity index (χ0n) is 19.4. The number of fused-ring (bicyclic) bond motifs is 1. The average Bonchev–Trinajstić information content (AvgIpc) is 2.88. The Labute approximate surface area is 205 Å². The molecule has 7 nitrogen and oxygen atoms in total. The summed E-state index contributed by atoms with van der Waals surface area (Å²) in [5, 5.41) is 3.27. The van der Waals surface area contributed by atoms with Gasteiger partial charge in [0.1, 0.15) is 5.82 Å². The van der Waals surface area contributed by atoms with Gasteiger partial charge in [0.25, 0.3) is 5.56 Å². The van der Waals surface area contributed by atoms with Gasteiger partial charge in [-0.2, -0.15) is 18.2 Å². The van der Waals surface area contributed by atoms with E-state index >= 15 is 0 Å². The summed E-state index contributed by atoms with van der Waals surface area (Å²) < 4.78 is 42.4. The summed E-state index contributed by atoms with van der Waals surface area (Å²) in [5.41, 5.74) is -0.362. The molecule has 10 heteroatoms. The van der Waals surface area contributed by atoms with Crippen LogP contribution in [0.2, 0.25) is 0 Å². The molecule has 3 heterocycles. The van der Waals surface area contributed by atoms with E-state index in [4.69, 9.17) is 0 Å². The summed E-state index contributed by atoms with van der Waals surface area (Å²) >= 11 is 0. The minimum absolute atomic E-state index is 0.0313. The standard InChI is InChI=1S/C26H23F3N6O/c1-17(18-8-3-2-4-9-18)31-24-30-13-12-22(33-24)34-14-7-15-35-23(36)16-21(32-25(34)35)19-10-5-6-11-20(19)26(27,28)29/h2-6,8-13,16-17H,7,14-15H2,1H3,(H,30,31,33)/t17-/m0/s1. The van der Waals surface area contributed by atoms with Gasteiger partial charge in [0.2, 0.25) is 11.9 Å². The number of aromatic nitrogens is 4. The quantitative estimate of drug-likeness (QED) is 0.400. The lowest BCUT2D eigenvalue weighted by Crippen LogP contribution is -2.36. The van der Waals surface area contributed by atoms with E-state index in [1.54, 1.807) is 17.2 Å². The minimum Gasteiger partial charge on any atom is -0.348 e. The Kier molecular flexibility index (Phi) is 6.17. The molecule has 0 spiro atoms. The van der Waals surface area contributed by atoms with Crippen LogP contribution in [0.25, 0.3) is 11.3 Å². The molecule has 0 aliphatic carbocycles. The van der Waals surface area contributed by atoms with Crippen LogP contribution in [0.15, 0.2) is 77.7 Å². The molecular weight excluding hydrogens is 469 g/mol. The maximum atomic E-state index is 13.6. The maximum Gasteiger partial charge on any atom is 0.417 e. The number of benzene rings is 2. The van der Waals surface area contributed by atoms with Crippen LogP contribution in [0.3, 0.4) is 0 Å². The molecule has 0 bridgehead atoms. The van der Waals surface area contributed by atoms with Crippen LogP contribution in [0.1, 0.15) is 30.5 Å². The lowest BCUT2D eigenvalue weighted by atomic mass is 10.0. The summed E-state index contributed by atoms with van der Waals surface area (Å²) in [7, 11) is 0. The largest absolute Gasteiger partial charge is 0.417 e. The molecule has 1 aliphatic heterocycles. The fourth-order valence-corrected chi connectivity index (χ4v) is 4.29. The third kappa shape index (κ3) is 4.66. The van der Waals surface area contributed by atoms with Crippen molar-refractivity contribution in [1.29, 1.82) is 0 Å². The third-order valence-electron chi connectivity index (χ3n) is 6.06. The second kappa shape index (κ2) is 9.44. The van der Waals surface area contributed by atoms with Gasteiger partial charge in [-0.1, -0.05) is 48.5 Å². The molecule has 36 heavy (non-hydrogen) atoms. The van der Waals surface area contributed by atoms with E-state index in [-0.39, 0.29) is 23.2 Å². The Morgan fingerprint density at radius 2 is 1.72 bits per heavy atom. The molecule has 1 atom stereocenters. The van der Waals surface area contributed by atoms with Gasteiger partial charge in [0.15, 0.2) is 0 Å². The fraction of sp³-hybridized carbons (Fsp3) is 0.231. The first kappa shape index (κ1) is 23.5. The molecule has 5 rings (SSSR count). The number of hydrogen-bond donors (Lipinski definition) is 1. The zero-order valence-corrected chi connectivity index (χ0v) is 19.4. The Bertz CT molecular complexity index is 1440. The summed E-state index contributed by atoms with van der Waals surface area (Å²) in [6.07, 6.45) is -2.32. The van der Waals surface area contributed by atoms with Crippen molar-refractivity contribution >= 4 is 17.7 Å². The Balaban J connectivity index is 1.52. The molecule has 2 aromatic heterocycles. The molecule has 0 amide bonds. The van der Waals surface area contributed by atoms with E-state index in [0.29, 0.717) is 31.3 Å². The third-order valence-corrected chi connectivity index (χ3v) is 6.06. The molecule has 4 aromatic rings. The second-order valence-electron chi connectivity index (χ2n) is 8.49. The Hall–Kier alpha value is -4.21. The molecule has 184 valence electrons. The van der Waals surface area contributed by atoms with Crippen LogP contribution in [-0.2, 0) is 12.7 Å². The van der Waals surface area contributed by atoms with Crippen LogP contribution in [0, 0.1) is 0 Å². The number of nitrogens with one attached hydrogen (secondary N) is 1. The van der Waals surface area contributed by atoms with E-state index in [9.17, 15) is 18.0 Å². The molecular formula is C26H23F3N6O. The van der Waals surface area contributed by atoms with Crippen molar-refractivity contribution in [3.05, 3.63) is 94.4 Å². The lowest BCUT2D eigenvalue weighted by Gasteiger charge is -2.30. The lowest BCUT2D eigenvalue weighted by molar-refractivity contribution is -0.137. The number of halogens is 3. The van der Waals surface area contributed by atoms with Gasteiger partial charge in [-0.25, -0.2) is 9.97 Å². The summed E-state index contributed by atoms with van der Waals surface area (Å²) in [5.74, 6) is 1.14. The van der Waals surface area contributed by atoms with E-state index < -0.39 is 17.3 Å². The van der Waals surface area contributed by atoms with Crippen molar-refractivity contribution in [3.8, 4) is 11.3 Å². The number of alkyl halides is 3. The predicted molar refractivity (Wildman–Crippen MR) is 131 cm³/mol. The zero-order chi connectivity index (χ0) is 25.3. The first-order valence-corrected chi connectivity index (χ1v) is 11.5. The van der Waals surface area contributed by atoms with Crippen molar-refractivity contribution in [2.75, 3.05) is 16.8 Å². The van der Waals surface area contributed by atoms with Crippen molar-refractivity contribution in [2.45, 2.75) is 32.1 Å². The highest BCUT2D eigenvalue weighted by Crippen LogP contribution is 2.37. The molecule has 0 unspecified atom stereocenters. The smallest absolute Gasteiger partial charge is 0.348 e. The van der Waals surface area contributed by atoms with Gasteiger partial charge in [0.05, 0.1) is 17.3 Å². The van der Waals surface area contributed by atoms with Crippen LogP contribution in [-0.4, -0.2) is 26.1 Å². The highest BCUT2D eigenvalue weighted by Gasteiger charge is 2.34. The van der Waals surface area contributed by atoms with Gasteiger partial charge in [0, 0.05) is 30.9 Å². The van der Waals surface area contributed by atoms with Gasteiger partial charge >= 0.3 is 6.18 Å². The summed E-state index contributed by atoms with van der Waals surface area (Å²) in [6.45, 7) is 2.91. The van der Waals surface area contributed by atoms with Crippen molar-refractivity contribution in [2.24, 2.45) is 0 Å². The SMILES string of the molecule is C[C@H](Nc1nccc(N2CCCn3c2nc(-c2ccccc2C(F)(F)F)cc3=O)n1)c1ccccc1. The highest BCUT2D eigenvalue weighted by atomic mass is 19.4. The number of nitrogens with zero attached hydrogens (tertiary/aromatic N) is 5. The first-order valence-electron chi connectivity index (χ1n) is 11.5. The van der Waals surface area contributed by atoms with Crippen molar-refractivity contribution in [1.82, 2.24) is 19.5 Å².